The Balaban J connectivity index is 1.22. The number of carbonyl (C=O) groups excluding carboxylic acids is 2. The lowest BCUT2D eigenvalue weighted by Crippen LogP contribution is -2.65. The second-order valence-corrected chi connectivity index (χ2v) is 16.8. The molecular formula is C41H44N4O9S. The van der Waals surface area contributed by atoms with Crippen LogP contribution in [0.15, 0.2) is 24.3 Å². The highest BCUT2D eigenvalue weighted by Gasteiger charge is 2.59. The predicted molar refractivity (Wildman–Crippen MR) is 203 cm³/mol. The molecule has 288 valence electrons. The van der Waals surface area contributed by atoms with E-state index in [-0.39, 0.29) is 60.9 Å². The molecule has 1 unspecified atom stereocenters. The van der Waals surface area contributed by atoms with Crippen LogP contribution in [0.25, 0.3) is 10.9 Å². The number of phenols is 1. The maximum Gasteiger partial charge on any atom is 0.333 e. The number of aromatic hydroxyl groups is 1. The van der Waals surface area contributed by atoms with E-state index in [1.54, 1.807) is 18.9 Å². The van der Waals surface area contributed by atoms with E-state index in [4.69, 9.17) is 23.7 Å². The fraction of sp³-hybridized carbons (Fsp3) is 0.463. The van der Waals surface area contributed by atoms with Crippen LogP contribution in [0.1, 0.15) is 74.5 Å². The molecule has 1 aromatic heterocycles. The zero-order valence-corrected chi connectivity index (χ0v) is 32.2. The summed E-state index contributed by atoms with van der Waals surface area (Å²) in [6, 6.07) is 7.01. The van der Waals surface area contributed by atoms with E-state index >= 15 is 0 Å². The highest BCUT2D eigenvalue weighted by molar-refractivity contribution is 7.99. The van der Waals surface area contributed by atoms with E-state index in [9.17, 15) is 19.8 Å². The summed E-state index contributed by atoms with van der Waals surface area (Å²) in [5, 5.41) is 26.2. The number of esters is 2. The number of aliphatic hydroxyl groups is 1. The third kappa shape index (κ3) is 4.81. The SMILES string of the molecule is COc1c(C)cc2c(c1O)[C@@H]1[C@@H]3[C@@H]4SC[C@]5(NCCc6c5[nH]c5ccc(CO)cc65)C(=O)OCC(c5c6c(c(C)c(OC(C)=O)c54)OCO6)N3C[C@H](C2)N1C. The van der Waals surface area contributed by atoms with Crippen molar-refractivity contribution >= 4 is 34.6 Å². The number of nitrogens with zero attached hydrogens (tertiary/aromatic N) is 2. The lowest BCUT2D eigenvalue weighted by atomic mass is 9.73. The van der Waals surface area contributed by atoms with E-state index < -0.39 is 17.6 Å². The number of phenolic OH excluding ortho intramolecular Hbond substituents is 1. The van der Waals surface area contributed by atoms with E-state index in [1.165, 1.54) is 6.92 Å². The van der Waals surface area contributed by atoms with Gasteiger partial charge in [0, 0.05) is 71.0 Å². The quantitative estimate of drug-likeness (QED) is 0.173. The van der Waals surface area contributed by atoms with Crippen molar-refractivity contribution in [2.75, 3.05) is 46.4 Å². The average Bonchev–Trinajstić information content (AvgIpc) is 3.80. The van der Waals surface area contributed by atoms with Crippen molar-refractivity contribution in [1.82, 2.24) is 20.1 Å². The van der Waals surface area contributed by atoms with Crippen LogP contribution in [0.2, 0.25) is 0 Å². The van der Waals surface area contributed by atoms with Gasteiger partial charge in [-0.25, -0.2) is 4.79 Å². The summed E-state index contributed by atoms with van der Waals surface area (Å²) in [6.07, 6.45) is 1.42. The number of aliphatic hydroxyl groups excluding tert-OH is 1. The zero-order chi connectivity index (χ0) is 38.1. The molecule has 0 saturated carbocycles. The smallest absolute Gasteiger partial charge is 0.333 e. The van der Waals surface area contributed by atoms with Crippen LogP contribution in [0.5, 0.6) is 28.7 Å². The standard InChI is InChI=1S/C41H44N4O9S/c1-18-10-22-12-23-13-45-27-15-51-40(49)41(39-24(8-9-42-41)25-11-21(14-46)6-7-26(25)43-39)16-55-38(32(45)31(44(23)4)28(22)33(48)34(18)50-5)30-29(27)37-36(52-17-53-37)19(2)35(30)54-20(3)47/h6-7,10-11,23,27,31-32,38,42-43,46,48H,8-9,12-17H2,1-5H3/t23-,27?,31+,32+,38+,41+/m0/s1. The number of likely N-dealkylation sites (N-methyl/N-ethyl adjacent to an activating group) is 1. The number of nitrogens with one attached hydrogen (secondary N) is 2. The molecule has 3 aromatic carbocycles. The molecule has 7 aliphatic heterocycles. The largest absolute Gasteiger partial charge is 0.504 e. The molecule has 6 atom stereocenters. The van der Waals surface area contributed by atoms with Gasteiger partial charge in [-0.2, -0.15) is 0 Å². The number of aromatic amines is 1. The number of aryl methyl sites for hydroxylation is 1. The first-order chi connectivity index (χ1) is 26.6. The van der Waals surface area contributed by atoms with Gasteiger partial charge >= 0.3 is 11.9 Å². The molecule has 0 aliphatic carbocycles. The molecule has 7 aliphatic rings. The molecule has 8 heterocycles. The minimum atomic E-state index is -1.23. The lowest BCUT2D eigenvalue weighted by molar-refractivity contribution is -0.156. The maximum atomic E-state index is 14.8. The zero-order valence-electron chi connectivity index (χ0n) is 31.4. The Morgan fingerprint density at radius 1 is 1.11 bits per heavy atom. The summed E-state index contributed by atoms with van der Waals surface area (Å²) < 4.78 is 30.8. The number of piperazine rings is 1. The fourth-order valence-corrected chi connectivity index (χ4v) is 12.2. The normalized spacial score (nSPS) is 28.0. The van der Waals surface area contributed by atoms with Crippen LogP contribution >= 0.6 is 11.8 Å². The monoisotopic (exact) mass is 768 g/mol. The van der Waals surface area contributed by atoms with Gasteiger partial charge in [-0.3, -0.25) is 19.9 Å². The Morgan fingerprint density at radius 3 is 2.71 bits per heavy atom. The van der Waals surface area contributed by atoms with Gasteiger partial charge in [-0.1, -0.05) is 12.1 Å². The predicted octanol–water partition coefficient (Wildman–Crippen LogP) is 4.35. The Morgan fingerprint density at radius 2 is 1.93 bits per heavy atom. The fourth-order valence-electron chi connectivity index (χ4n) is 10.5. The van der Waals surface area contributed by atoms with Gasteiger partial charge < -0.3 is 38.9 Å². The minimum absolute atomic E-state index is 0.00492. The van der Waals surface area contributed by atoms with E-state index in [0.29, 0.717) is 48.1 Å². The summed E-state index contributed by atoms with van der Waals surface area (Å²) in [5.74, 6) is 1.58. The molecular weight excluding hydrogens is 725 g/mol. The van der Waals surface area contributed by atoms with E-state index in [2.05, 4.69) is 33.2 Å². The van der Waals surface area contributed by atoms with Crippen molar-refractivity contribution in [3.63, 3.8) is 0 Å². The molecule has 1 spiro atoms. The number of H-pyrrole nitrogens is 1. The molecule has 4 bridgehead atoms. The van der Waals surface area contributed by atoms with Crippen molar-refractivity contribution in [2.24, 2.45) is 0 Å². The van der Waals surface area contributed by atoms with Gasteiger partial charge in [-0.15, -0.1) is 11.8 Å². The number of ether oxygens (including phenoxy) is 5. The minimum Gasteiger partial charge on any atom is -0.504 e. The van der Waals surface area contributed by atoms with Crippen LogP contribution in [0.3, 0.4) is 0 Å². The Hall–Kier alpha value is -4.47. The maximum absolute atomic E-state index is 14.8. The Labute approximate surface area is 322 Å². The third-order valence-electron chi connectivity index (χ3n) is 12.9. The summed E-state index contributed by atoms with van der Waals surface area (Å²) in [4.78, 5) is 36.2. The molecule has 2 fully saturated rings. The van der Waals surface area contributed by atoms with Gasteiger partial charge in [0.15, 0.2) is 28.5 Å². The number of hydrogen-bond acceptors (Lipinski definition) is 13. The van der Waals surface area contributed by atoms with Crippen molar-refractivity contribution in [2.45, 2.75) is 75.2 Å². The number of carbonyl (C=O) groups is 2. The molecule has 11 rings (SSSR count). The molecule has 55 heavy (non-hydrogen) atoms. The first kappa shape index (κ1) is 35.0. The Kier molecular flexibility index (Phi) is 7.96. The number of hydrogen-bond donors (Lipinski definition) is 4. The molecule has 13 nitrogen and oxygen atoms in total. The van der Waals surface area contributed by atoms with Crippen molar-refractivity contribution in [3.05, 3.63) is 74.5 Å². The number of rotatable bonds is 3. The molecule has 4 N–H and O–H groups in total. The van der Waals surface area contributed by atoms with Gasteiger partial charge in [-0.05, 0) is 68.1 Å². The van der Waals surface area contributed by atoms with Crippen LogP contribution < -0.4 is 24.3 Å². The van der Waals surface area contributed by atoms with Gasteiger partial charge in [0.1, 0.15) is 12.4 Å². The topological polar surface area (TPSA) is 155 Å². The van der Waals surface area contributed by atoms with Crippen LogP contribution in [0.4, 0.5) is 0 Å². The molecule has 0 amide bonds. The summed E-state index contributed by atoms with van der Waals surface area (Å²) in [6.45, 7) is 6.40. The van der Waals surface area contributed by atoms with Gasteiger partial charge in [0.2, 0.25) is 6.79 Å². The summed E-state index contributed by atoms with van der Waals surface area (Å²) >= 11 is 1.62. The highest BCUT2D eigenvalue weighted by atomic mass is 32.2. The highest BCUT2D eigenvalue weighted by Crippen LogP contribution is 2.63. The van der Waals surface area contributed by atoms with Crippen LogP contribution in [-0.4, -0.2) is 95.4 Å². The third-order valence-corrected chi connectivity index (χ3v) is 14.4. The molecule has 4 aromatic rings. The first-order valence-corrected chi connectivity index (χ1v) is 19.9. The second-order valence-electron chi connectivity index (χ2n) is 15.7. The van der Waals surface area contributed by atoms with Crippen LogP contribution in [0, 0.1) is 13.8 Å². The van der Waals surface area contributed by atoms with Gasteiger partial charge in [0.25, 0.3) is 0 Å². The van der Waals surface area contributed by atoms with E-state index in [0.717, 1.165) is 62.0 Å². The molecule has 2 saturated heterocycles. The van der Waals surface area contributed by atoms with E-state index in [1.807, 2.05) is 32.0 Å². The van der Waals surface area contributed by atoms with Crippen molar-refractivity contribution in [3.8, 4) is 28.7 Å². The van der Waals surface area contributed by atoms with Crippen molar-refractivity contribution in [1.29, 1.82) is 0 Å². The van der Waals surface area contributed by atoms with Crippen LogP contribution in [-0.2, 0) is 39.3 Å². The number of aromatic nitrogens is 1. The summed E-state index contributed by atoms with van der Waals surface area (Å²) in [7, 11) is 3.71. The number of fused-ring (bicyclic) bond motifs is 11. The number of thioether (sulfide) groups is 1. The number of methoxy groups -OCH3 is 1. The second kappa shape index (κ2) is 12.5. The Bertz CT molecular complexity index is 2330. The molecule has 0 radical (unpaired) electrons. The summed E-state index contributed by atoms with van der Waals surface area (Å²) in [5.41, 5.74) is 7.33. The first-order valence-electron chi connectivity index (χ1n) is 18.9. The van der Waals surface area contributed by atoms with Gasteiger partial charge in [0.05, 0.1) is 36.7 Å². The lowest BCUT2D eigenvalue weighted by Gasteiger charge is -2.60. The average molecular weight is 769 g/mol. The molecule has 14 heteroatoms. The number of benzene rings is 3. The van der Waals surface area contributed by atoms with Crippen molar-refractivity contribution < 1.29 is 43.5 Å².